The van der Waals surface area contributed by atoms with E-state index in [0.717, 1.165) is 11.8 Å². The van der Waals surface area contributed by atoms with Crippen LogP contribution in [0, 0.1) is 23.7 Å². The molecule has 128 valence electrons. The van der Waals surface area contributed by atoms with Crippen LogP contribution < -0.4 is 0 Å². The molecule has 0 aromatic carbocycles. The fourth-order valence-corrected chi connectivity index (χ4v) is 5.10. The Hall–Kier alpha value is -1.32. The van der Waals surface area contributed by atoms with Gasteiger partial charge in [0.05, 0.1) is 0 Å². The van der Waals surface area contributed by atoms with Crippen molar-refractivity contribution in [1.29, 1.82) is 0 Å². The van der Waals surface area contributed by atoms with Gasteiger partial charge >= 0.3 is 11.9 Å². The van der Waals surface area contributed by atoms with Crippen molar-refractivity contribution in [1.82, 2.24) is 0 Å². The van der Waals surface area contributed by atoms with Crippen molar-refractivity contribution in [3.8, 4) is 0 Å². The predicted molar refractivity (Wildman–Crippen MR) is 86.5 cm³/mol. The molecule has 0 saturated heterocycles. The Morgan fingerprint density at radius 1 is 1.13 bits per heavy atom. The molecule has 4 rings (SSSR count). The molecular weight excluding hydrogens is 292 g/mol. The Bertz CT molecular complexity index is 493. The van der Waals surface area contributed by atoms with Crippen LogP contribution in [0.15, 0.2) is 12.2 Å². The summed E-state index contributed by atoms with van der Waals surface area (Å²) < 4.78 is 11.3. The smallest absolute Gasteiger partial charge is 0.348 e. The summed E-state index contributed by atoms with van der Waals surface area (Å²) in [5.41, 5.74) is -0.0785. The molecule has 0 radical (unpaired) electrons. The van der Waals surface area contributed by atoms with E-state index >= 15 is 0 Å². The fraction of sp³-hybridized carbons (Fsp3) is 0.789. The average molecular weight is 320 g/mol. The molecule has 23 heavy (non-hydrogen) atoms. The van der Waals surface area contributed by atoms with Crippen LogP contribution >= 0.6 is 0 Å². The van der Waals surface area contributed by atoms with Crippen molar-refractivity contribution in [2.24, 2.45) is 23.7 Å². The number of esters is 2. The van der Waals surface area contributed by atoms with Crippen molar-refractivity contribution in [2.45, 2.75) is 71.0 Å². The van der Waals surface area contributed by atoms with Gasteiger partial charge in [-0.05, 0) is 76.0 Å². The molecule has 0 aliphatic heterocycles. The lowest BCUT2D eigenvalue weighted by Gasteiger charge is -2.59. The van der Waals surface area contributed by atoms with E-state index < -0.39 is 18.0 Å². The standard InChI is InChI=1S/C19H28O4/c1-5-16(22-17(20)11(2)3)18(21)23-19(4)14-7-12-6-13(9-14)10-15(19)8-12/h12-16H,2,5-10H2,1,3-4H3. The number of carbonyl (C=O) groups excluding carboxylic acids is 2. The maximum absolute atomic E-state index is 12.6. The van der Waals surface area contributed by atoms with Gasteiger partial charge in [0.15, 0.2) is 6.10 Å². The van der Waals surface area contributed by atoms with Crippen LogP contribution in [0.4, 0.5) is 0 Å². The van der Waals surface area contributed by atoms with Gasteiger partial charge in [0.25, 0.3) is 0 Å². The Morgan fingerprint density at radius 2 is 1.65 bits per heavy atom. The third kappa shape index (κ3) is 2.92. The second-order valence-corrected chi connectivity index (χ2v) is 7.99. The SMILES string of the molecule is C=C(C)C(=O)OC(CC)C(=O)OC1(C)C2CC3CC(C2)CC1C3. The molecule has 4 aliphatic carbocycles. The lowest BCUT2D eigenvalue weighted by molar-refractivity contribution is -0.212. The minimum absolute atomic E-state index is 0.303. The summed E-state index contributed by atoms with van der Waals surface area (Å²) in [6.07, 6.45) is 5.68. The zero-order valence-corrected chi connectivity index (χ0v) is 14.5. The Kier molecular flexibility index (Phi) is 4.28. The molecule has 1 unspecified atom stereocenters. The van der Waals surface area contributed by atoms with E-state index in [9.17, 15) is 9.59 Å². The maximum atomic E-state index is 12.6. The third-order valence-electron chi connectivity index (χ3n) is 6.31. The van der Waals surface area contributed by atoms with Crippen LogP contribution in [0.5, 0.6) is 0 Å². The van der Waals surface area contributed by atoms with Gasteiger partial charge in [-0.1, -0.05) is 13.5 Å². The first kappa shape index (κ1) is 16.5. The fourth-order valence-electron chi connectivity index (χ4n) is 5.10. The van der Waals surface area contributed by atoms with E-state index in [1.807, 2.05) is 6.92 Å². The highest BCUT2D eigenvalue weighted by molar-refractivity contribution is 5.89. The van der Waals surface area contributed by atoms with E-state index in [2.05, 4.69) is 13.5 Å². The van der Waals surface area contributed by atoms with E-state index in [1.165, 1.54) is 32.1 Å². The summed E-state index contributed by atoms with van der Waals surface area (Å²) >= 11 is 0. The van der Waals surface area contributed by atoms with Crippen molar-refractivity contribution >= 4 is 11.9 Å². The topological polar surface area (TPSA) is 52.6 Å². The second-order valence-electron chi connectivity index (χ2n) is 7.99. The largest absolute Gasteiger partial charge is 0.456 e. The molecule has 0 N–H and O–H groups in total. The second kappa shape index (κ2) is 5.95. The quantitative estimate of drug-likeness (QED) is 0.573. The zero-order valence-electron chi connectivity index (χ0n) is 14.5. The van der Waals surface area contributed by atoms with Crippen molar-refractivity contribution in [3.05, 3.63) is 12.2 Å². The summed E-state index contributed by atoms with van der Waals surface area (Å²) in [5, 5.41) is 0. The van der Waals surface area contributed by atoms with Crippen molar-refractivity contribution < 1.29 is 19.1 Å². The highest BCUT2D eigenvalue weighted by Gasteiger charge is 2.57. The summed E-state index contributed by atoms with van der Waals surface area (Å²) in [4.78, 5) is 24.3. The van der Waals surface area contributed by atoms with Crippen LogP contribution in [-0.4, -0.2) is 23.6 Å². The van der Waals surface area contributed by atoms with Crippen molar-refractivity contribution in [3.63, 3.8) is 0 Å². The van der Waals surface area contributed by atoms with Crippen LogP contribution in [0.2, 0.25) is 0 Å². The number of hydrogen-bond donors (Lipinski definition) is 0. The van der Waals surface area contributed by atoms with Gasteiger partial charge in [0.2, 0.25) is 0 Å². The molecule has 1 atom stereocenters. The molecule has 0 heterocycles. The molecular formula is C19H28O4. The summed E-state index contributed by atoms with van der Waals surface area (Å²) in [7, 11) is 0. The monoisotopic (exact) mass is 320 g/mol. The molecule has 0 aromatic rings. The van der Waals surface area contributed by atoms with Gasteiger partial charge in [0.1, 0.15) is 5.60 Å². The van der Waals surface area contributed by atoms with Crippen LogP contribution in [0.25, 0.3) is 0 Å². The van der Waals surface area contributed by atoms with Crippen LogP contribution in [0.3, 0.4) is 0 Å². The number of carbonyl (C=O) groups is 2. The van der Waals surface area contributed by atoms with Gasteiger partial charge in [-0.3, -0.25) is 0 Å². The molecule has 0 spiro atoms. The summed E-state index contributed by atoms with van der Waals surface area (Å²) in [6.45, 7) is 9.08. The van der Waals surface area contributed by atoms with Gasteiger partial charge in [-0.2, -0.15) is 0 Å². The first-order valence-corrected chi connectivity index (χ1v) is 8.92. The number of ether oxygens (including phenoxy) is 2. The number of hydrogen-bond acceptors (Lipinski definition) is 4. The molecule has 4 bridgehead atoms. The molecule has 0 amide bonds. The average Bonchev–Trinajstić information content (AvgIpc) is 2.49. The molecule has 4 nitrogen and oxygen atoms in total. The molecule has 4 aliphatic rings. The highest BCUT2D eigenvalue weighted by atomic mass is 16.6. The normalized spacial score (nSPS) is 38.9. The van der Waals surface area contributed by atoms with E-state index in [-0.39, 0.29) is 5.60 Å². The van der Waals surface area contributed by atoms with Gasteiger partial charge in [-0.25, -0.2) is 9.59 Å². The minimum atomic E-state index is -0.826. The lowest BCUT2D eigenvalue weighted by atomic mass is 9.50. The zero-order chi connectivity index (χ0) is 16.8. The maximum Gasteiger partial charge on any atom is 0.348 e. The molecule has 4 saturated carbocycles. The first-order chi connectivity index (χ1) is 10.8. The minimum Gasteiger partial charge on any atom is -0.456 e. The predicted octanol–water partition coefficient (Wildman–Crippen LogP) is 3.64. The van der Waals surface area contributed by atoms with E-state index in [1.54, 1.807) is 6.92 Å². The van der Waals surface area contributed by atoms with Crippen molar-refractivity contribution in [2.75, 3.05) is 0 Å². The van der Waals surface area contributed by atoms with Crippen LogP contribution in [0.1, 0.15) is 59.3 Å². The number of rotatable bonds is 5. The van der Waals surface area contributed by atoms with E-state index in [0.29, 0.717) is 23.8 Å². The third-order valence-corrected chi connectivity index (χ3v) is 6.31. The van der Waals surface area contributed by atoms with E-state index in [4.69, 9.17) is 9.47 Å². The first-order valence-electron chi connectivity index (χ1n) is 8.92. The van der Waals surface area contributed by atoms with Crippen LogP contribution in [-0.2, 0) is 19.1 Å². The highest BCUT2D eigenvalue weighted by Crippen LogP contribution is 2.59. The van der Waals surface area contributed by atoms with Gasteiger partial charge < -0.3 is 9.47 Å². The van der Waals surface area contributed by atoms with Gasteiger partial charge in [0, 0.05) is 5.57 Å². The molecule has 0 aromatic heterocycles. The molecule has 4 heteroatoms. The summed E-state index contributed by atoms with van der Waals surface area (Å²) in [5.74, 6) is 1.68. The Balaban J connectivity index is 1.68. The Labute approximate surface area is 138 Å². The molecule has 4 fully saturated rings. The Morgan fingerprint density at radius 3 is 2.09 bits per heavy atom. The lowest BCUT2D eigenvalue weighted by Crippen LogP contribution is -2.58. The summed E-state index contributed by atoms with van der Waals surface area (Å²) in [6, 6.07) is 0. The van der Waals surface area contributed by atoms with Gasteiger partial charge in [-0.15, -0.1) is 0 Å².